The highest BCUT2D eigenvalue weighted by Crippen LogP contribution is 2.26. The maximum absolute atomic E-state index is 13.6. The Balaban J connectivity index is 2.55. The SMILES string of the molecule is O=c1[nH]c2cccc(F)c2c2c1COC2. The van der Waals surface area contributed by atoms with Crippen LogP contribution >= 0.6 is 0 Å². The van der Waals surface area contributed by atoms with Crippen molar-refractivity contribution in [3.05, 3.63) is 45.5 Å². The molecule has 2 aromatic rings. The van der Waals surface area contributed by atoms with Gasteiger partial charge in [-0.2, -0.15) is 0 Å². The van der Waals surface area contributed by atoms with E-state index < -0.39 is 0 Å². The van der Waals surface area contributed by atoms with E-state index in [2.05, 4.69) is 4.98 Å². The van der Waals surface area contributed by atoms with Gasteiger partial charge in [0.15, 0.2) is 0 Å². The van der Waals surface area contributed by atoms with E-state index in [9.17, 15) is 9.18 Å². The minimum absolute atomic E-state index is 0.180. The second-order valence-corrected chi connectivity index (χ2v) is 3.57. The maximum atomic E-state index is 13.6. The van der Waals surface area contributed by atoms with Gasteiger partial charge in [0.2, 0.25) is 0 Å². The summed E-state index contributed by atoms with van der Waals surface area (Å²) in [6.45, 7) is 0.589. The quantitative estimate of drug-likeness (QED) is 0.711. The van der Waals surface area contributed by atoms with E-state index >= 15 is 0 Å². The monoisotopic (exact) mass is 205 g/mol. The molecule has 1 N–H and O–H groups in total. The first-order valence-electron chi connectivity index (χ1n) is 4.67. The molecule has 0 saturated carbocycles. The number of ether oxygens (including phenoxy) is 1. The van der Waals surface area contributed by atoms with Crippen LogP contribution in [0.3, 0.4) is 0 Å². The van der Waals surface area contributed by atoms with Gasteiger partial charge in [0.1, 0.15) is 5.82 Å². The smallest absolute Gasteiger partial charge is 0.254 e. The fourth-order valence-electron chi connectivity index (χ4n) is 1.99. The number of hydrogen-bond acceptors (Lipinski definition) is 2. The lowest BCUT2D eigenvalue weighted by atomic mass is 10.1. The fraction of sp³-hybridized carbons (Fsp3) is 0.182. The van der Waals surface area contributed by atoms with Crippen molar-refractivity contribution >= 4 is 10.9 Å². The Hall–Kier alpha value is -1.68. The van der Waals surface area contributed by atoms with E-state index in [0.29, 0.717) is 28.6 Å². The predicted molar refractivity (Wildman–Crippen MR) is 53.0 cm³/mol. The van der Waals surface area contributed by atoms with Crippen molar-refractivity contribution in [2.24, 2.45) is 0 Å². The van der Waals surface area contributed by atoms with Gasteiger partial charge < -0.3 is 9.72 Å². The molecule has 4 heteroatoms. The lowest BCUT2D eigenvalue weighted by Gasteiger charge is -2.03. The van der Waals surface area contributed by atoms with Gasteiger partial charge >= 0.3 is 0 Å². The molecule has 0 spiro atoms. The number of pyridine rings is 1. The van der Waals surface area contributed by atoms with Gasteiger partial charge in [-0.1, -0.05) is 6.07 Å². The molecule has 1 aromatic carbocycles. The molecule has 0 aliphatic carbocycles. The molecule has 1 aromatic heterocycles. The zero-order valence-electron chi connectivity index (χ0n) is 7.84. The van der Waals surface area contributed by atoms with Crippen molar-refractivity contribution in [3.8, 4) is 0 Å². The van der Waals surface area contributed by atoms with Crippen molar-refractivity contribution in [2.75, 3.05) is 0 Å². The number of H-pyrrole nitrogens is 1. The predicted octanol–water partition coefficient (Wildman–Crippen LogP) is 1.70. The minimum Gasteiger partial charge on any atom is -0.372 e. The molecule has 15 heavy (non-hydrogen) atoms. The Morgan fingerprint density at radius 3 is 2.93 bits per heavy atom. The van der Waals surface area contributed by atoms with E-state index in [-0.39, 0.29) is 18.0 Å². The van der Waals surface area contributed by atoms with Gasteiger partial charge in [0, 0.05) is 16.5 Å². The molecular formula is C11H8FNO2. The molecule has 2 heterocycles. The molecule has 3 nitrogen and oxygen atoms in total. The second kappa shape index (κ2) is 2.90. The molecule has 0 fully saturated rings. The average Bonchev–Trinajstić information content (AvgIpc) is 2.66. The van der Waals surface area contributed by atoms with E-state index in [4.69, 9.17) is 4.74 Å². The number of aromatic amines is 1. The summed E-state index contributed by atoms with van der Waals surface area (Å²) >= 11 is 0. The van der Waals surface area contributed by atoms with Crippen LogP contribution in [0.25, 0.3) is 10.9 Å². The third-order valence-corrected chi connectivity index (χ3v) is 2.69. The Bertz CT molecular complexity index is 603. The zero-order valence-corrected chi connectivity index (χ0v) is 7.84. The van der Waals surface area contributed by atoms with E-state index in [1.807, 2.05) is 0 Å². The molecule has 76 valence electrons. The number of aromatic nitrogens is 1. The molecule has 0 radical (unpaired) electrons. The largest absolute Gasteiger partial charge is 0.372 e. The van der Waals surface area contributed by atoms with E-state index in [0.717, 1.165) is 0 Å². The van der Waals surface area contributed by atoms with Crippen molar-refractivity contribution in [1.82, 2.24) is 4.98 Å². The first-order chi connectivity index (χ1) is 7.27. The average molecular weight is 205 g/mol. The van der Waals surface area contributed by atoms with Crippen molar-refractivity contribution in [3.63, 3.8) is 0 Å². The molecule has 1 aliphatic rings. The van der Waals surface area contributed by atoms with E-state index in [1.54, 1.807) is 12.1 Å². The van der Waals surface area contributed by atoms with Gasteiger partial charge in [-0.3, -0.25) is 4.79 Å². The first-order valence-corrected chi connectivity index (χ1v) is 4.67. The van der Waals surface area contributed by atoms with Crippen LogP contribution in [0, 0.1) is 5.82 Å². The van der Waals surface area contributed by atoms with Crippen LogP contribution in [0.15, 0.2) is 23.0 Å². The van der Waals surface area contributed by atoms with Gasteiger partial charge in [-0.25, -0.2) is 4.39 Å². The van der Waals surface area contributed by atoms with Crippen LogP contribution in [0.1, 0.15) is 11.1 Å². The maximum Gasteiger partial charge on any atom is 0.254 e. The van der Waals surface area contributed by atoms with Crippen LogP contribution in [0.4, 0.5) is 4.39 Å². The zero-order chi connectivity index (χ0) is 10.4. The first kappa shape index (κ1) is 8.61. The van der Waals surface area contributed by atoms with Crippen LogP contribution < -0.4 is 5.56 Å². The third kappa shape index (κ3) is 1.11. The van der Waals surface area contributed by atoms with Crippen LogP contribution in [-0.4, -0.2) is 4.98 Å². The Morgan fingerprint density at radius 1 is 1.27 bits per heavy atom. The molecule has 0 unspecified atom stereocenters. The topological polar surface area (TPSA) is 42.1 Å². The number of halogens is 1. The summed E-state index contributed by atoms with van der Waals surface area (Å²) in [4.78, 5) is 14.2. The highest BCUT2D eigenvalue weighted by atomic mass is 19.1. The van der Waals surface area contributed by atoms with Crippen molar-refractivity contribution in [2.45, 2.75) is 13.2 Å². The molecule has 0 bridgehead atoms. The van der Waals surface area contributed by atoms with Gasteiger partial charge in [-0.15, -0.1) is 0 Å². The Kier molecular flexibility index (Phi) is 1.67. The summed E-state index contributed by atoms with van der Waals surface area (Å²) in [5.74, 6) is -0.314. The summed E-state index contributed by atoms with van der Waals surface area (Å²) < 4.78 is 18.8. The normalized spacial score (nSPS) is 14.5. The van der Waals surface area contributed by atoms with Gasteiger partial charge in [0.05, 0.1) is 18.7 Å². The number of benzene rings is 1. The highest BCUT2D eigenvalue weighted by molar-refractivity contribution is 5.83. The Morgan fingerprint density at radius 2 is 2.07 bits per heavy atom. The van der Waals surface area contributed by atoms with Gasteiger partial charge in [-0.05, 0) is 12.1 Å². The molecule has 3 rings (SSSR count). The fourth-order valence-corrected chi connectivity index (χ4v) is 1.99. The summed E-state index contributed by atoms with van der Waals surface area (Å²) in [5, 5.41) is 0.476. The number of rotatable bonds is 0. The highest BCUT2D eigenvalue weighted by Gasteiger charge is 2.20. The summed E-state index contributed by atoms with van der Waals surface area (Å²) in [7, 11) is 0. The molecule has 0 amide bonds. The summed E-state index contributed by atoms with van der Waals surface area (Å²) in [5.41, 5.74) is 1.59. The number of hydrogen-bond donors (Lipinski definition) is 1. The summed E-state index contributed by atoms with van der Waals surface area (Å²) in [6, 6.07) is 4.66. The second-order valence-electron chi connectivity index (χ2n) is 3.57. The lowest BCUT2D eigenvalue weighted by Crippen LogP contribution is -2.12. The number of nitrogens with one attached hydrogen (secondary N) is 1. The Labute approximate surface area is 84.5 Å². The summed E-state index contributed by atoms with van der Waals surface area (Å²) in [6.07, 6.45) is 0. The third-order valence-electron chi connectivity index (χ3n) is 2.69. The molecule has 0 saturated heterocycles. The van der Waals surface area contributed by atoms with Crippen molar-refractivity contribution < 1.29 is 9.13 Å². The van der Waals surface area contributed by atoms with Crippen LogP contribution in [0.5, 0.6) is 0 Å². The van der Waals surface area contributed by atoms with E-state index in [1.165, 1.54) is 6.07 Å². The van der Waals surface area contributed by atoms with Crippen LogP contribution in [0.2, 0.25) is 0 Å². The minimum atomic E-state index is -0.314. The van der Waals surface area contributed by atoms with Gasteiger partial charge in [0.25, 0.3) is 5.56 Å². The lowest BCUT2D eigenvalue weighted by molar-refractivity contribution is 0.134. The number of fused-ring (bicyclic) bond motifs is 3. The molecule has 1 aliphatic heterocycles. The van der Waals surface area contributed by atoms with Crippen molar-refractivity contribution in [1.29, 1.82) is 0 Å². The molecular weight excluding hydrogens is 197 g/mol. The van der Waals surface area contributed by atoms with Crippen LogP contribution in [-0.2, 0) is 18.0 Å². The molecule has 0 atom stereocenters. The standard InChI is InChI=1S/C11H8FNO2/c12-8-2-1-3-9-10(8)6-4-15-5-7(6)11(14)13-9/h1-3H,4-5H2,(H,13,14).